The Kier molecular flexibility index (Phi) is 3.22. The van der Waals surface area contributed by atoms with Crippen LogP contribution in [0, 0.1) is 0 Å². The highest BCUT2D eigenvalue weighted by Gasteiger charge is 2.11. The number of carbonyl (C=O) groups excluding carboxylic acids is 1. The highest BCUT2D eigenvalue weighted by molar-refractivity contribution is 9.10. The lowest BCUT2D eigenvalue weighted by Crippen LogP contribution is -2.17. The quantitative estimate of drug-likeness (QED) is 0.815. The Hall–Kier alpha value is -0.200. The van der Waals surface area contributed by atoms with Crippen LogP contribution in [0.2, 0.25) is 0 Å². The number of halogens is 2. The third-order valence-corrected chi connectivity index (χ3v) is 2.01. The summed E-state index contributed by atoms with van der Waals surface area (Å²) in [7, 11) is 0. The van der Waals surface area contributed by atoms with Crippen LogP contribution in [0.5, 0.6) is 0 Å². The first-order chi connectivity index (χ1) is 5.20. The van der Waals surface area contributed by atoms with Crippen LogP contribution < -0.4 is 5.32 Å². The van der Waals surface area contributed by atoms with Crippen LogP contribution in [0.25, 0.3) is 0 Å². The van der Waals surface area contributed by atoms with E-state index in [1.807, 2.05) is 0 Å². The van der Waals surface area contributed by atoms with Crippen molar-refractivity contribution < 1.29 is 4.79 Å². The first-order valence-corrected chi connectivity index (χ1v) is 4.78. The Morgan fingerprint density at radius 1 is 1.91 bits per heavy atom. The summed E-state index contributed by atoms with van der Waals surface area (Å²) in [4.78, 5) is 10.9. The van der Waals surface area contributed by atoms with Crippen LogP contribution in [0.4, 0.5) is 5.13 Å². The molecule has 1 aromatic heterocycles. The minimum absolute atomic E-state index is 0.344. The number of anilines is 1. The Morgan fingerprint density at radius 3 is 3.09 bits per heavy atom. The molecule has 60 valence electrons. The minimum Gasteiger partial charge on any atom is -0.298 e. The Labute approximate surface area is 80.1 Å². The van der Waals surface area contributed by atoms with Crippen LogP contribution in [-0.2, 0) is 4.79 Å². The summed E-state index contributed by atoms with van der Waals surface area (Å²) in [5.41, 5.74) is 1.52. The maximum atomic E-state index is 10.9. The Bertz CT molecular complexity index is 239. The van der Waals surface area contributed by atoms with E-state index in [0.29, 0.717) is 5.13 Å². The number of amides is 1. The molecule has 0 fully saturated rings. The molecular weight excluding hydrogens is 253 g/mol. The highest BCUT2D eigenvalue weighted by atomic mass is 79.9. The molecule has 7 heteroatoms. The van der Waals surface area contributed by atoms with E-state index >= 15 is 0 Å². The Balaban J connectivity index is 2.50. The van der Waals surface area contributed by atoms with Gasteiger partial charge in [-0.1, -0.05) is 38.9 Å². The summed E-state index contributed by atoms with van der Waals surface area (Å²) in [6, 6.07) is 0. The van der Waals surface area contributed by atoms with E-state index in [1.54, 1.807) is 0 Å². The summed E-state index contributed by atoms with van der Waals surface area (Å²) in [6.45, 7) is 0. The fourth-order valence-corrected chi connectivity index (χ4v) is 1.00. The van der Waals surface area contributed by atoms with Gasteiger partial charge in [0.1, 0.15) is 5.51 Å². The van der Waals surface area contributed by atoms with Crippen LogP contribution in [0.1, 0.15) is 0 Å². The lowest BCUT2D eigenvalue weighted by atomic mass is 10.7. The lowest BCUT2D eigenvalue weighted by Gasteiger charge is -1.98. The zero-order valence-electron chi connectivity index (χ0n) is 5.12. The Morgan fingerprint density at radius 2 is 2.64 bits per heavy atom. The predicted octanol–water partition coefficient (Wildman–Crippen LogP) is 1.44. The van der Waals surface area contributed by atoms with Crippen LogP contribution in [0.15, 0.2) is 5.51 Å². The van der Waals surface area contributed by atoms with Crippen molar-refractivity contribution in [2.75, 3.05) is 5.32 Å². The first-order valence-electron chi connectivity index (χ1n) is 2.55. The molecule has 0 saturated carbocycles. The van der Waals surface area contributed by atoms with Gasteiger partial charge in [0.25, 0.3) is 5.91 Å². The number of hydrogen-bond acceptors (Lipinski definition) is 4. The second-order valence-corrected chi connectivity index (χ2v) is 4.25. The highest BCUT2D eigenvalue weighted by Crippen LogP contribution is 2.12. The van der Waals surface area contributed by atoms with E-state index in [2.05, 4.69) is 31.4 Å². The molecule has 0 aromatic carbocycles. The van der Waals surface area contributed by atoms with Gasteiger partial charge in [-0.05, 0) is 0 Å². The molecule has 0 bridgehead atoms. The van der Waals surface area contributed by atoms with Gasteiger partial charge in [0.2, 0.25) is 5.13 Å². The molecule has 4 nitrogen and oxygen atoms in total. The average Bonchev–Trinajstić information content (AvgIpc) is 2.39. The van der Waals surface area contributed by atoms with E-state index in [4.69, 9.17) is 11.6 Å². The monoisotopic (exact) mass is 255 g/mol. The molecule has 1 rings (SSSR count). The maximum Gasteiger partial charge on any atom is 0.255 e. The lowest BCUT2D eigenvalue weighted by molar-refractivity contribution is -0.114. The predicted molar refractivity (Wildman–Crippen MR) is 47.1 cm³/mol. The van der Waals surface area contributed by atoms with E-state index in [-0.39, 0.29) is 5.91 Å². The number of rotatable bonds is 2. The number of hydrogen-bond donors (Lipinski definition) is 1. The second-order valence-electron chi connectivity index (χ2n) is 1.53. The first kappa shape index (κ1) is 8.89. The zero-order chi connectivity index (χ0) is 8.27. The number of aromatic nitrogens is 2. The van der Waals surface area contributed by atoms with Crippen LogP contribution >= 0.6 is 38.9 Å². The van der Waals surface area contributed by atoms with Crippen molar-refractivity contribution in [3.05, 3.63) is 5.51 Å². The van der Waals surface area contributed by atoms with Gasteiger partial charge in [0.15, 0.2) is 4.29 Å². The van der Waals surface area contributed by atoms with Gasteiger partial charge in [-0.3, -0.25) is 10.1 Å². The number of nitrogens with zero attached hydrogens (tertiary/aromatic N) is 2. The summed E-state index contributed by atoms with van der Waals surface area (Å²) in [6.07, 6.45) is 0. The van der Waals surface area contributed by atoms with Gasteiger partial charge in [0.05, 0.1) is 0 Å². The summed E-state index contributed by atoms with van der Waals surface area (Å²) < 4.78 is -0.730. The fraction of sp³-hybridized carbons (Fsp3) is 0.250. The maximum absolute atomic E-state index is 10.9. The number of nitrogens with one attached hydrogen (secondary N) is 1. The smallest absolute Gasteiger partial charge is 0.255 e. The number of carbonyl (C=O) groups is 1. The molecule has 1 unspecified atom stereocenters. The molecular formula is C4H3BrClN3OS. The summed E-state index contributed by atoms with van der Waals surface area (Å²) in [5, 5.41) is 10.0. The average molecular weight is 257 g/mol. The number of alkyl halides is 2. The fourth-order valence-electron chi connectivity index (χ4n) is 0.387. The van der Waals surface area contributed by atoms with E-state index < -0.39 is 4.29 Å². The molecule has 1 N–H and O–H groups in total. The molecule has 0 aliphatic heterocycles. The summed E-state index contributed by atoms with van der Waals surface area (Å²) >= 11 is 9.54. The zero-order valence-corrected chi connectivity index (χ0v) is 8.28. The standard InChI is InChI=1S/C4H3BrClN3OS/c5-2(6)3(10)8-4-9-7-1-11-4/h1-2H,(H,8,9,10). The molecule has 0 saturated heterocycles. The van der Waals surface area contributed by atoms with E-state index in [1.165, 1.54) is 16.8 Å². The molecule has 1 aromatic rings. The third-order valence-electron chi connectivity index (χ3n) is 0.788. The molecule has 1 atom stereocenters. The van der Waals surface area contributed by atoms with Gasteiger partial charge < -0.3 is 0 Å². The van der Waals surface area contributed by atoms with Crippen molar-refractivity contribution >= 4 is 49.9 Å². The molecule has 0 aliphatic carbocycles. The molecule has 1 heterocycles. The largest absolute Gasteiger partial charge is 0.298 e. The molecule has 11 heavy (non-hydrogen) atoms. The van der Waals surface area contributed by atoms with Crippen LogP contribution in [-0.4, -0.2) is 20.4 Å². The molecule has 0 spiro atoms. The minimum atomic E-state index is -0.730. The van der Waals surface area contributed by atoms with Gasteiger partial charge in [-0.2, -0.15) is 0 Å². The molecule has 1 amide bonds. The van der Waals surface area contributed by atoms with Crippen molar-refractivity contribution in [2.24, 2.45) is 0 Å². The van der Waals surface area contributed by atoms with Gasteiger partial charge in [-0.15, -0.1) is 10.2 Å². The van der Waals surface area contributed by atoms with Gasteiger partial charge >= 0.3 is 0 Å². The normalized spacial score (nSPS) is 12.5. The second kappa shape index (κ2) is 3.99. The van der Waals surface area contributed by atoms with Gasteiger partial charge in [-0.25, -0.2) is 0 Å². The van der Waals surface area contributed by atoms with Crippen molar-refractivity contribution in [3.63, 3.8) is 0 Å². The third kappa shape index (κ3) is 2.72. The summed E-state index contributed by atoms with van der Waals surface area (Å²) in [5.74, 6) is -0.344. The SMILES string of the molecule is O=C(Nc1nncs1)C(Cl)Br. The van der Waals surface area contributed by atoms with Crippen molar-refractivity contribution in [3.8, 4) is 0 Å². The topological polar surface area (TPSA) is 54.9 Å². The van der Waals surface area contributed by atoms with Crippen molar-refractivity contribution in [2.45, 2.75) is 4.29 Å². The van der Waals surface area contributed by atoms with Crippen LogP contribution in [0.3, 0.4) is 0 Å². The van der Waals surface area contributed by atoms with Crippen molar-refractivity contribution in [1.82, 2.24) is 10.2 Å². The van der Waals surface area contributed by atoms with Gasteiger partial charge in [0, 0.05) is 0 Å². The van der Waals surface area contributed by atoms with Crippen molar-refractivity contribution in [1.29, 1.82) is 0 Å². The molecule has 0 radical (unpaired) electrons. The molecule has 0 aliphatic rings. The van der Waals surface area contributed by atoms with E-state index in [0.717, 1.165) is 0 Å². The van der Waals surface area contributed by atoms with E-state index in [9.17, 15) is 4.79 Å².